The van der Waals surface area contributed by atoms with E-state index in [2.05, 4.69) is 20.6 Å². The normalized spacial score (nSPS) is 15.2. The van der Waals surface area contributed by atoms with E-state index < -0.39 is 10.0 Å². The number of nitrogens with zero attached hydrogens (tertiary/aromatic N) is 3. The van der Waals surface area contributed by atoms with Gasteiger partial charge in [0.25, 0.3) is 0 Å². The lowest BCUT2D eigenvalue weighted by atomic mass is 10.1. The van der Waals surface area contributed by atoms with Gasteiger partial charge >= 0.3 is 0 Å². The Morgan fingerprint density at radius 2 is 1.66 bits per heavy atom. The molecule has 2 heterocycles. The van der Waals surface area contributed by atoms with Crippen molar-refractivity contribution < 1.29 is 8.42 Å². The lowest BCUT2D eigenvalue weighted by Crippen LogP contribution is -2.46. The monoisotopic (exact) mass is 409 g/mol. The number of benzene rings is 2. The first-order valence-electron chi connectivity index (χ1n) is 9.50. The summed E-state index contributed by atoms with van der Waals surface area (Å²) in [6.07, 6.45) is 1.68. The predicted octanol–water partition coefficient (Wildman–Crippen LogP) is 2.79. The molecule has 0 atom stereocenters. The molecule has 0 aliphatic carbocycles. The Bertz CT molecular complexity index is 1080. The first-order valence-corrected chi connectivity index (χ1v) is 10.9. The fraction of sp³-hybridized carbons (Fsp3) is 0.238. The van der Waals surface area contributed by atoms with E-state index in [-0.39, 0.29) is 0 Å². The molecule has 7 nitrogen and oxygen atoms in total. The molecule has 0 spiro atoms. The Morgan fingerprint density at radius 3 is 2.34 bits per heavy atom. The lowest BCUT2D eigenvalue weighted by Gasteiger charge is -2.26. The molecule has 0 unspecified atom stereocenters. The maximum absolute atomic E-state index is 12.8. The van der Waals surface area contributed by atoms with Crippen molar-refractivity contribution in [3.63, 3.8) is 0 Å². The van der Waals surface area contributed by atoms with Crippen LogP contribution < -0.4 is 10.6 Å². The van der Waals surface area contributed by atoms with Gasteiger partial charge in [0, 0.05) is 43.6 Å². The van der Waals surface area contributed by atoms with Crippen LogP contribution in [0.2, 0.25) is 0 Å². The highest BCUT2D eigenvalue weighted by Gasteiger charge is 2.25. The van der Waals surface area contributed by atoms with E-state index in [0.29, 0.717) is 37.0 Å². The Balaban J connectivity index is 1.54. The summed E-state index contributed by atoms with van der Waals surface area (Å²) in [4.78, 5) is 9.12. The summed E-state index contributed by atoms with van der Waals surface area (Å²) in [5.74, 6) is 0.490. The minimum atomic E-state index is -3.47. The molecule has 150 valence electrons. The second-order valence-corrected chi connectivity index (χ2v) is 8.87. The average molecular weight is 410 g/mol. The molecule has 8 heteroatoms. The highest BCUT2D eigenvalue weighted by molar-refractivity contribution is 7.89. The fourth-order valence-corrected chi connectivity index (χ4v) is 4.62. The SMILES string of the molecule is Cc1ccc(Nc2nccc(-c3ccc(S(=O)(=O)N4CCNCC4)cc3)n2)cc1. The van der Waals surface area contributed by atoms with Gasteiger partial charge in [-0.15, -0.1) is 0 Å². The van der Waals surface area contributed by atoms with Crippen molar-refractivity contribution in [1.82, 2.24) is 19.6 Å². The Morgan fingerprint density at radius 1 is 0.966 bits per heavy atom. The summed E-state index contributed by atoms with van der Waals surface area (Å²) < 4.78 is 27.1. The number of nitrogens with one attached hydrogen (secondary N) is 2. The van der Waals surface area contributed by atoms with Crippen LogP contribution in [0.15, 0.2) is 65.7 Å². The first-order chi connectivity index (χ1) is 14.0. The third-order valence-electron chi connectivity index (χ3n) is 4.83. The summed E-state index contributed by atoms with van der Waals surface area (Å²) in [6, 6.07) is 16.6. The van der Waals surface area contributed by atoms with Crippen LogP contribution in [0.3, 0.4) is 0 Å². The van der Waals surface area contributed by atoms with E-state index in [1.54, 1.807) is 36.5 Å². The number of rotatable bonds is 5. The van der Waals surface area contributed by atoms with Crippen LogP contribution in [-0.2, 0) is 10.0 Å². The van der Waals surface area contributed by atoms with Crippen LogP contribution >= 0.6 is 0 Å². The molecule has 1 aromatic heterocycles. The van der Waals surface area contributed by atoms with Gasteiger partial charge in [0.2, 0.25) is 16.0 Å². The van der Waals surface area contributed by atoms with Crippen molar-refractivity contribution in [1.29, 1.82) is 0 Å². The molecule has 1 saturated heterocycles. The number of hydrogen-bond acceptors (Lipinski definition) is 6. The van der Waals surface area contributed by atoms with Crippen molar-refractivity contribution in [3.05, 3.63) is 66.4 Å². The zero-order valence-corrected chi connectivity index (χ0v) is 17.0. The van der Waals surface area contributed by atoms with Gasteiger partial charge in [-0.3, -0.25) is 0 Å². The van der Waals surface area contributed by atoms with E-state index in [1.807, 2.05) is 31.2 Å². The summed E-state index contributed by atoms with van der Waals surface area (Å²) in [7, 11) is -3.47. The minimum absolute atomic E-state index is 0.301. The van der Waals surface area contributed by atoms with Gasteiger partial charge in [0.05, 0.1) is 10.6 Å². The molecule has 3 aromatic rings. The highest BCUT2D eigenvalue weighted by Crippen LogP contribution is 2.23. The number of anilines is 2. The topological polar surface area (TPSA) is 87.2 Å². The highest BCUT2D eigenvalue weighted by atomic mass is 32.2. The first kappa shape index (κ1) is 19.5. The Hall–Kier alpha value is -2.81. The average Bonchev–Trinajstić information content (AvgIpc) is 2.76. The van der Waals surface area contributed by atoms with Crippen LogP contribution in [0.5, 0.6) is 0 Å². The van der Waals surface area contributed by atoms with Gasteiger partial charge in [0.15, 0.2) is 0 Å². The number of aromatic nitrogens is 2. The molecule has 1 aliphatic heterocycles. The van der Waals surface area contributed by atoms with Crippen LogP contribution in [0.1, 0.15) is 5.56 Å². The van der Waals surface area contributed by atoms with Crippen molar-refractivity contribution in [2.24, 2.45) is 0 Å². The molecule has 0 saturated carbocycles. The number of hydrogen-bond donors (Lipinski definition) is 2. The zero-order valence-electron chi connectivity index (χ0n) is 16.2. The summed E-state index contributed by atoms with van der Waals surface area (Å²) in [6.45, 7) is 4.37. The molecule has 1 aliphatic rings. The number of piperazine rings is 1. The standard InChI is InChI=1S/C21H23N5O2S/c1-16-2-6-18(7-3-16)24-21-23-11-10-20(25-21)17-4-8-19(9-5-17)29(27,28)26-14-12-22-13-15-26/h2-11,22H,12-15H2,1H3,(H,23,24,25). The summed E-state index contributed by atoms with van der Waals surface area (Å²) in [5, 5.41) is 6.36. The smallest absolute Gasteiger partial charge is 0.243 e. The molecular formula is C21H23N5O2S. The van der Waals surface area contributed by atoms with Crippen molar-refractivity contribution in [3.8, 4) is 11.3 Å². The zero-order chi connectivity index (χ0) is 20.3. The van der Waals surface area contributed by atoms with E-state index in [9.17, 15) is 8.42 Å². The van der Waals surface area contributed by atoms with Gasteiger partial charge in [-0.1, -0.05) is 29.8 Å². The van der Waals surface area contributed by atoms with E-state index in [4.69, 9.17) is 0 Å². The lowest BCUT2D eigenvalue weighted by molar-refractivity contribution is 0.360. The molecule has 0 bridgehead atoms. The molecule has 2 aromatic carbocycles. The van der Waals surface area contributed by atoms with E-state index >= 15 is 0 Å². The van der Waals surface area contributed by atoms with Gasteiger partial charge in [0.1, 0.15) is 0 Å². The van der Waals surface area contributed by atoms with Gasteiger partial charge in [-0.25, -0.2) is 18.4 Å². The van der Waals surface area contributed by atoms with Gasteiger partial charge < -0.3 is 10.6 Å². The number of aryl methyl sites for hydroxylation is 1. The van der Waals surface area contributed by atoms with Crippen molar-refractivity contribution in [2.45, 2.75) is 11.8 Å². The maximum Gasteiger partial charge on any atom is 0.243 e. The second-order valence-electron chi connectivity index (χ2n) is 6.93. The molecule has 0 amide bonds. The van der Waals surface area contributed by atoms with Crippen LogP contribution in [0.4, 0.5) is 11.6 Å². The van der Waals surface area contributed by atoms with Crippen LogP contribution in [0.25, 0.3) is 11.3 Å². The Kier molecular flexibility index (Phi) is 5.57. The fourth-order valence-electron chi connectivity index (χ4n) is 3.18. The molecule has 29 heavy (non-hydrogen) atoms. The molecule has 0 radical (unpaired) electrons. The van der Waals surface area contributed by atoms with Gasteiger partial charge in [-0.05, 0) is 37.3 Å². The van der Waals surface area contributed by atoms with E-state index in [0.717, 1.165) is 16.9 Å². The van der Waals surface area contributed by atoms with Gasteiger partial charge in [-0.2, -0.15) is 4.31 Å². The third-order valence-corrected chi connectivity index (χ3v) is 6.74. The van der Waals surface area contributed by atoms with Crippen LogP contribution in [-0.4, -0.2) is 48.9 Å². The van der Waals surface area contributed by atoms with E-state index in [1.165, 1.54) is 9.87 Å². The maximum atomic E-state index is 12.8. The summed E-state index contributed by atoms with van der Waals surface area (Å²) >= 11 is 0. The molecule has 4 rings (SSSR count). The van der Waals surface area contributed by atoms with Crippen LogP contribution in [0, 0.1) is 6.92 Å². The van der Waals surface area contributed by atoms with Crippen molar-refractivity contribution >= 4 is 21.7 Å². The largest absolute Gasteiger partial charge is 0.324 e. The minimum Gasteiger partial charge on any atom is -0.324 e. The second kappa shape index (κ2) is 8.28. The summed E-state index contributed by atoms with van der Waals surface area (Å²) in [5.41, 5.74) is 3.64. The quantitative estimate of drug-likeness (QED) is 0.674. The number of sulfonamides is 1. The molecular weight excluding hydrogens is 386 g/mol. The predicted molar refractivity (Wildman–Crippen MR) is 114 cm³/mol. The third kappa shape index (κ3) is 4.45. The molecule has 1 fully saturated rings. The van der Waals surface area contributed by atoms with Crippen molar-refractivity contribution in [2.75, 3.05) is 31.5 Å². The Labute approximate surface area is 170 Å². The molecule has 2 N–H and O–H groups in total.